The molecule has 1 aliphatic heterocycles. The predicted octanol–water partition coefficient (Wildman–Crippen LogP) is 2.59. The van der Waals surface area contributed by atoms with Gasteiger partial charge in [-0.1, -0.05) is 26.8 Å². The average Bonchev–Trinajstić information content (AvgIpc) is 2.54. The summed E-state index contributed by atoms with van der Waals surface area (Å²) in [5.74, 6) is -1.29. The standard InChI is InChI=1S/C14H14BrNO3/c1-14(2,3)10(17)7-16-9-6-4-5-8(15)11(9)12(18)13(16)19/h4-6H,7H2,1-3H3. The highest BCUT2D eigenvalue weighted by molar-refractivity contribution is 9.10. The van der Waals surface area contributed by atoms with Gasteiger partial charge in [0, 0.05) is 9.89 Å². The molecule has 1 heterocycles. The van der Waals surface area contributed by atoms with E-state index in [1.54, 1.807) is 39.0 Å². The zero-order valence-electron chi connectivity index (χ0n) is 11.0. The molecular formula is C14H14BrNO3. The summed E-state index contributed by atoms with van der Waals surface area (Å²) in [6.07, 6.45) is 0. The summed E-state index contributed by atoms with van der Waals surface area (Å²) in [7, 11) is 0. The van der Waals surface area contributed by atoms with Crippen LogP contribution in [0.3, 0.4) is 0 Å². The van der Waals surface area contributed by atoms with Crippen LogP contribution in [0, 0.1) is 5.41 Å². The van der Waals surface area contributed by atoms with Gasteiger partial charge in [0.05, 0.1) is 17.8 Å². The highest BCUT2D eigenvalue weighted by Crippen LogP contribution is 2.34. The van der Waals surface area contributed by atoms with Crippen molar-refractivity contribution in [3.05, 3.63) is 28.2 Å². The summed E-state index contributed by atoms with van der Waals surface area (Å²) in [5.41, 5.74) is 0.300. The number of benzene rings is 1. The molecule has 4 nitrogen and oxygen atoms in total. The first-order valence-corrected chi connectivity index (χ1v) is 6.71. The number of anilines is 1. The smallest absolute Gasteiger partial charge is 0.297 e. The van der Waals surface area contributed by atoms with Crippen LogP contribution in [-0.2, 0) is 9.59 Å². The topological polar surface area (TPSA) is 54.5 Å². The van der Waals surface area contributed by atoms with Crippen LogP contribution in [-0.4, -0.2) is 24.0 Å². The quantitative estimate of drug-likeness (QED) is 0.786. The maximum atomic E-state index is 12.1. The number of halogens is 1. The van der Waals surface area contributed by atoms with Crippen LogP contribution in [0.1, 0.15) is 31.1 Å². The number of nitrogens with zero attached hydrogens (tertiary/aromatic N) is 1. The summed E-state index contributed by atoms with van der Waals surface area (Å²) in [6, 6.07) is 5.13. The molecule has 0 saturated heterocycles. The fraction of sp³-hybridized carbons (Fsp3) is 0.357. The molecule has 0 saturated carbocycles. The first kappa shape index (κ1) is 13.9. The Morgan fingerprint density at radius 3 is 2.47 bits per heavy atom. The normalized spacial score (nSPS) is 14.8. The third-order valence-corrected chi connectivity index (χ3v) is 3.75. The number of hydrogen-bond donors (Lipinski definition) is 0. The average molecular weight is 324 g/mol. The van der Waals surface area contributed by atoms with Crippen molar-refractivity contribution in [2.24, 2.45) is 5.41 Å². The molecule has 1 amide bonds. The Hall–Kier alpha value is -1.49. The molecule has 1 aliphatic rings. The van der Waals surface area contributed by atoms with E-state index >= 15 is 0 Å². The molecule has 1 aromatic carbocycles. The van der Waals surface area contributed by atoms with Gasteiger partial charge in [-0.25, -0.2) is 0 Å². The lowest BCUT2D eigenvalue weighted by atomic mass is 9.90. The number of carbonyl (C=O) groups excluding carboxylic acids is 3. The summed E-state index contributed by atoms with van der Waals surface area (Å²) < 4.78 is 0.578. The first-order chi connectivity index (χ1) is 8.73. The van der Waals surface area contributed by atoms with Crippen molar-refractivity contribution in [3.8, 4) is 0 Å². The van der Waals surface area contributed by atoms with E-state index in [0.717, 1.165) is 0 Å². The second kappa shape index (κ2) is 4.56. The number of amides is 1. The SMILES string of the molecule is CC(C)(C)C(=O)CN1C(=O)C(=O)c2c(Br)cccc21. The number of rotatable bonds is 2. The van der Waals surface area contributed by atoms with Gasteiger partial charge in [-0.3, -0.25) is 19.3 Å². The van der Waals surface area contributed by atoms with Crippen LogP contribution >= 0.6 is 15.9 Å². The van der Waals surface area contributed by atoms with Crippen molar-refractivity contribution in [1.29, 1.82) is 0 Å². The van der Waals surface area contributed by atoms with Crippen molar-refractivity contribution in [2.45, 2.75) is 20.8 Å². The number of Topliss-reactive ketones (excluding diaryl/α,β-unsaturated/α-hetero) is 2. The van der Waals surface area contributed by atoms with Gasteiger partial charge in [-0.15, -0.1) is 0 Å². The van der Waals surface area contributed by atoms with Crippen LogP contribution in [0.5, 0.6) is 0 Å². The number of fused-ring (bicyclic) bond motifs is 1. The van der Waals surface area contributed by atoms with Crippen LogP contribution in [0.4, 0.5) is 5.69 Å². The summed E-state index contributed by atoms with van der Waals surface area (Å²) >= 11 is 3.26. The molecule has 0 bridgehead atoms. The molecular weight excluding hydrogens is 310 g/mol. The van der Waals surface area contributed by atoms with Crippen molar-refractivity contribution in [1.82, 2.24) is 0 Å². The van der Waals surface area contributed by atoms with E-state index in [1.807, 2.05) is 0 Å². The molecule has 100 valence electrons. The zero-order chi connectivity index (χ0) is 14.4. The minimum atomic E-state index is -0.639. The third kappa shape index (κ3) is 2.34. The Morgan fingerprint density at radius 2 is 1.89 bits per heavy atom. The van der Waals surface area contributed by atoms with Gasteiger partial charge in [0.15, 0.2) is 5.78 Å². The van der Waals surface area contributed by atoms with Crippen LogP contribution < -0.4 is 4.90 Å². The molecule has 0 aliphatic carbocycles. The third-order valence-electron chi connectivity index (χ3n) is 3.09. The number of ketones is 2. The van der Waals surface area contributed by atoms with Crippen LogP contribution in [0.2, 0.25) is 0 Å². The minimum Gasteiger partial charge on any atom is -0.297 e. The van der Waals surface area contributed by atoms with Crippen molar-refractivity contribution < 1.29 is 14.4 Å². The van der Waals surface area contributed by atoms with Gasteiger partial charge in [0.2, 0.25) is 0 Å². The Labute approximate surface area is 119 Å². The van der Waals surface area contributed by atoms with E-state index in [1.165, 1.54) is 4.90 Å². The Morgan fingerprint density at radius 1 is 1.26 bits per heavy atom. The van der Waals surface area contributed by atoms with Crippen molar-refractivity contribution in [3.63, 3.8) is 0 Å². The molecule has 0 atom stereocenters. The van der Waals surface area contributed by atoms with Gasteiger partial charge in [0.25, 0.3) is 11.7 Å². The Balaban J connectivity index is 2.40. The largest absolute Gasteiger partial charge is 0.299 e. The van der Waals surface area contributed by atoms with E-state index < -0.39 is 17.1 Å². The van der Waals surface area contributed by atoms with E-state index in [-0.39, 0.29) is 12.3 Å². The second-order valence-corrected chi connectivity index (χ2v) is 6.38. The van der Waals surface area contributed by atoms with E-state index in [9.17, 15) is 14.4 Å². The Kier molecular flexibility index (Phi) is 3.34. The van der Waals surface area contributed by atoms with Crippen LogP contribution in [0.15, 0.2) is 22.7 Å². The van der Waals surface area contributed by atoms with Crippen LogP contribution in [0.25, 0.3) is 0 Å². The zero-order valence-corrected chi connectivity index (χ0v) is 12.6. The van der Waals surface area contributed by atoms with Crippen molar-refractivity contribution in [2.75, 3.05) is 11.4 Å². The van der Waals surface area contributed by atoms with Gasteiger partial charge in [-0.2, -0.15) is 0 Å². The Bertz CT molecular complexity index is 587. The lowest BCUT2D eigenvalue weighted by molar-refractivity contribution is -0.126. The minimum absolute atomic E-state index is 0.0719. The fourth-order valence-corrected chi connectivity index (χ4v) is 2.37. The van der Waals surface area contributed by atoms with Gasteiger partial charge >= 0.3 is 0 Å². The molecule has 2 rings (SSSR count). The summed E-state index contributed by atoms with van der Waals surface area (Å²) in [4.78, 5) is 37.2. The van der Waals surface area contributed by atoms with Gasteiger partial charge < -0.3 is 0 Å². The molecule has 0 fully saturated rings. The highest BCUT2D eigenvalue weighted by atomic mass is 79.9. The summed E-state index contributed by atoms with van der Waals surface area (Å²) in [5, 5.41) is 0. The van der Waals surface area contributed by atoms with E-state index in [2.05, 4.69) is 15.9 Å². The molecule has 0 aromatic heterocycles. The maximum Gasteiger partial charge on any atom is 0.299 e. The number of hydrogen-bond acceptors (Lipinski definition) is 3. The molecule has 0 spiro atoms. The molecule has 19 heavy (non-hydrogen) atoms. The molecule has 1 aromatic rings. The van der Waals surface area contributed by atoms with Gasteiger partial charge in [-0.05, 0) is 28.1 Å². The van der Waals surface area contributed by atoms with E-state index in [4.69, 9.17) is 0 Å². The molecule has 0 radical (unpaired) electrons. The lowest BCUT2D eigenvalue weighted by Crippen LogP contribution is -2.39. The number of carbonyl (C=O) groups is 3. The summed E-state index contributed by atoms with van der Waals surface area (Å²) in [6.45, 7) is 5.30. The highest BCUT2D eigenvalue weighted by Gasteiger charge is 2.39. The first-order valence-electron chi connectivity index (χ1n) is 5.91. The fourth-order valence-electron chi connectivity index (χ4n) is 1.84. The lowest BCUT2D eigenvalue weighted by Gasteiger charge is -2.22. The molecule has 0 unspecified atom stereocenters. The molecule has 5 heteroatoms. The monoisotopic (exact) mass is 323 g/mol. The second-order valence-electron chi connectivity index (χ2n) is 5.53. The molecule has 0 N–H and O–H groups in total. The predicted molar refractivity (Wildman–Crippen MR) is 75.3 cm³/mol. The van der Waals surface area contributed by atoms with E-state index in [0.29, 0.717) is 15.7 Å². The maximum absolute atomic E-state index is 12.1. The van der Waals surface area contributed by atoms with Gasteiger partial charge in [0.1, 0.15) is 0 Å². The van der Waals surface area contributed by atoms with Crippen molar-refractivity contribution >= 4 is 39.1 Å².